The topological polar surface area (TPSA) is 61.8 Å². The standard InChI is InChI=1S/C31H31ClF2N2O3S/c1-35-22-8-10-23(11-9-22)36(31(38)30-28(32)27-24(33)12-13-25(34)29(27)40-30)16-21-15-20(7-14-26(21)39-2)19-5-3-18(17-37)4-6-19/h3-7,12-15,22-23,35,37H,8-11,16-17H2,1-2H3. The van der Waals surface area contributed by atoms with Crippen molar-refractivity contribution in [2.75, 3.05) is 14.2 Å². The number of hydrogen-bond donors (Lipinski definition) is 2. The Labute approximate surface area is 241 Å². The third-order valence-electron chi connectivity index (χ3n) is 7.77. The highest BCUT2D eigenvalue weighted by molar-refractivity contribution is 7.21. The molecule has 0 unspecified atom stereocenters. The molecule has 1 saturated carbocycles. The van der Waals surface area contributed by atoms with Crippen molar-refractivity contribution in [1.82, 2.24) is 10.2 Å². The molecule has 2 N–H and O–H groups in total. The molecule has 0 spiro atoms. The van der Waals surface area contributed by atoms with Gasteiger partial charge in [0, 0.05) is 24.2 Å². The number of methoxy groups -OCH3 is 1. The summed E-state index contributed by atoms with van der Waals surface area (Å²) < 4.78 is 34.9. The molecule has 1 aliphatic rings. The van der Waals surface area contributed by atoms with Gasteiger partial charge in [-0.25, -0.2) is 8.78 Å². The fourth-order valence-corrected chi connectivity index (χ4v) is 6.98. The van der Waals surface area contributed by atoms with Gasteiger partial charge in [-0.05, 0) is 73.7 Å². The molecule has 0 radical (unpaired) electrons. The predicted molar refractivity (Wildman–Crippen MR) is 156 cm³/mol. The SMILES string of the molecule is CNC1CCC(N(Cc2cc(-c3ccc(CO)cc3)ccc2OC)C(=O)c2sc3c(F)ccc(F)c3c2Cl)CC1. The molecular weight excluding hydrogens is 554 g/mol. The lowest BCUT2D eigenvalue weighted by Crippen LogP contribution is -2.44. The Morgan fingerprint density at radius 2 is 1.73 bits per heavy atom. The van der Waals surface area contributed by atoms with Crippen LogP contribution in [0.4, 0.5) is 8.78 Å². The molecule has 5 nitrogen and oxygen atoms in total. The van der Waals surface area contributed by atoms with Gasteiger partial charge in [0.2, 0.25) is 0 Å². The van der Waals surface area contributed by atoms with E-state index in [1.54, 1.807) is 12.0 Å². The summed E-state index contributed by atoms with van der Waals surface area (Å²) in [5.41, 5.74) is 3.53. The zero-order valence-electron chi connectivity index (χ0n) is 22.3. The number of nitrogens with one attached hydrogen (secondary N) is 1. The number of halogens is 3. The van der Waals surface area contributed by atoms with E-state index < -0.39 is 11.6 Å². The number of aliphatic hydroxyl groups is 1. The maximum atomic E-state index is 14.6. The van der Waals surface area contributed by atoms with E-state index in [2.05, 4.69) is 5.32 Å². The number of hydrogen-bond acceptors (Lipinski definition) is 5. The highest BCUT2D eigenvalue weighted by Crippen LogP contribution is 2.40. The number of ether oxygens (including phenoxy) is 1. The van der Waals surface area contributed by atoms with E-state index in [4.69, 9.17) is 16.3 Å². The minimum Gasteiger partial charge on any atom is -0.496 e. The van der Waals surface area contributed by atoms with Crippen molar-refractivity contribution >= 4 is 38.9 Å². The number of amides is 1. The molecule has 0 aliphatic heterocycles. The van der Waals surface area contributed by atoms with Crippen molar-refractivity contribution in [3.63, 3.8) is 0 Å². The Kier molecular flexibility index (Phi) is 8.71. The fourth-order valence-electron chi connectivity index (χ4n) is 5.48. The number of nitrogens with zero attached hydrogens (tertiary/aromatic N) is 1. The summed E-state index contributed by atoms with van der Waals surface area (Å²) in [6.07, 6.45) is 3.38. The Morgan fingerprint density at radius 3 is 2.35 bits per heavy atom. The molecular formula is C31H31ClF2N2O3S. The lowest BCUT2D eigenvalue weighted by atomic mass is 9.89. The summed E-state index contributed by atoms with van der Waals surface area (Å²) in [5.74, 6) is -0.973. The molecule has 1 amide bonds. The number of fused-ring (bicyclic) bond motifs is 1. The smallest absolute Gasteiger partial charge is 0.266 e. The number of carbonyl (C=O) groups excluding carboxylic acids is 1. The van der Waals surface area contributed by atoms with Crippen LogP contribution in [0.1, 0.15) is 46.5 Å². The molecule has 3 aromatic carbocycles. The van der Waals surface area contributed by atoms with Gasteiger partial charge in [-0.2, -0.15) is 0 Å². The van der Waals surface area contributed by atoms with Crippen LogP contribution in [0.2, 0.25) is 5.02 Å². The van der Waals surface area contributed by atoms with Crippen molar-refractivity contribution < 1.29 is 23.4 Å². The van der Waals surface area contributed by atoms with Gasteiger partial charge in [0.1, 0.15) is 22.3 Å². The second kappa shape index (κ2) is 12.2. The average molecular weight is 585 g/mol. The van der Waals surface area contributed by atoms with Crippen LogP contribution in [0.25, 0.3) is 21.2 Å². The third-order valence-corrected chi connectivity index (χ3v) is 9.45. The molecule has 0 atom stereocenters. The zero-order valence-corrected chi connectivity index (χ0v) is 23.9. The summed E-state index contributed by atoms with van der Waals surface area (Å²) in [6, 6.07) is 15.8. The van der Waals surface area contributed by atoms with Crippen molar-refractivity contribution in [3.05, 3.63) is 87.3 Å². The van der Waals surface area contributed by atoms with Crippen molar-refractivity contribution in [2.45, 2.75) is 50.9 Å². The van der Waals surface area contributed by atoms with Crippen LogP contribution in [0.3, 0.4) is 0 Å². The molecule has 210 valence electrons. The zero-order chi connectivity index (χ0) is 28.4. The molecule has 40 heavy (non-hydrogen) atoms. The van der Waals surface area contributed by atoms with E-state index in [9.17, 15) is 18.7 Å². The number of aliphatic hydroxyl groups excluding tert-OH is 1. The third kappa shape index (κ3) is 5.59. The number of thiophene rings is 1. The highest BCUT2D eigenvalue weighted by atomic mass is 35.5. The summed E-state index contributed by atoms with van der Waals surface area (Å²) in [4.78, 5) is 16.1. The first-order valence-corrected chi connectivity index (χ1v) is 14.4. The minimum atomic E-state index is -0.653. The van der Waals surface area contributed by atoms with Crippen LogP contribution < -0.4 is 10.1 Å². The molecule has 1 aromatic heterocycles. The Bertz CT molecular complexity index is 1520. The summed E-state index contributed by atoms with van der Waals surface area (Å²) in [5, 5.41) is 12.6. The maximum Gasteiger partial charge on any atom is 0.266 e. The lowest BCUT2D eigenvalue weighted by molar-refractivity contribution is 0.0604. The normalized spacial score (nSPS) is 17.2. The second-order valence-corrected chi connectivity index (χ2v) is 11.5. The summed E-state index contributed by atoms with van der Waals surface area (Å²) >= 11 is 7.45. The first-order valence-electron chi connectivity index (χ1n) is 13.3. The van der Waals surface area contributed by atoms with E-state index in [0.29, 0.717) is 11.8 Å². The van der Waals surface area contributed by atoms with Crippen LogP contribution >= 0.6 is 22.9 Å². The molecule has 1 heterocycles. The molecule has 9 heteroatoms. The molecule has 0 bridgehead atoms. The largest absolute Gasteiger partial charge is 0.496 e. The van der Waals surface area contributed by atoms with Crippen LogP contribution in [-0.4, -0.2) is 42.2 Å². The molecule has 4 aromatic rings. The quantitative estimate of drug-likeness (QED) is 0.230. The lowest BCUT2D eigenvalue weighted by Gasteiger charge is -2.37. The highest BCUT2D eigenvalue weighted by Gasteiger charge is 2.33. The Hall–Kier alpha value is -3.04. The van der Waals surface area contributed by atoms with Gasteiger partial charge in [0.15, 0.2) is 0 Å². The first-order chi connectivity index (χ1) is 19.3. The van der Waals surface area contributed by atoms with Gasteiger partial charge >= 0.3 is 0 Å². The number of rotatable bonds is 8. The van der Waals surface area contributed by atoms with E-state index in [1.165, 1.54) is 0 Å². The molecule has 0 saturated heterocycles. The average Bonchev–Trinajstić information content (AvgIpc) is 3.35. The number of carbonyl (C=O) groups is 1. The fraction of sp³-hybridized carbons (Fsp3) is 0.323. The van der Waals surface area contributed by atoms with Crippen molar-refractivity contribution in [3.8, 4) is 16.9 Å². The summed E-state index contributed by atoms with van der Waals surface area (Å²) in [7, 11) is 3.53. The predicted octanol–water partition coefficient (Wildman–Crippen LogP) is 7.17. The Morgan fingerprint density at radius 1 is 1.05 bits per heavy atom. The van der Waals surface area contributed by atoms with Crippen LogP contribution in [0, 0.1) is 11.6 Å². The summed E-state index contributed by atoms with van der Waals surface area (Å²) in [6.45, 7) is 0.212. The molecule has 1 fully saturated rings. The van der Waals surface area contributed by atoms with Gasteiger partial charge < -0.3 is 20.1 Å². The molecule has 1 aliphatic carbocycles. The van der Waals surface area contributed by atoms with E-state index in [-0.39, 0.29) is 45.1 Å². The van der Waals surface area contributed by atoms with Crippen LogP contribution in [0.5, 0.6) is 5.75 Å². The minimum absolute atomic E-state index is 0.0326. The van der Waals surface area contributed by atoms with Gasteiger partial charge in [0.05, 0.1) is 28.8 Å². The number of benzene rings is 3. The van der Waals surface area contributed by atoms with Gasteiger partial charge in [-0.3, -0.25) is 4.79 Å². The van der Waals surface area contributed by atoms with Crippen LogP contribution in [-0.2, 0) is 13.2 Å². The van der Waals surface area contributed by atoms with E-state index >= 15 is 0 Å². The second-order valence-electron chi connectivity index (χ2n) is 10.1. The van der Waals surface area contributed by atoms with Gasteiger partial charge in [-0.15, -0.1) is 11.3 Å². The van der Waals surface area contributed by atoms with Crippen molar-refractivity contribution in [2.24, 2.45) is 0 Å². The van der Waals surface area contributed by atoms with Crippen molar-refractivity contribution in [1.29, 1.82) is 0 Å². The Balaban J connectivity index is 1.55. The van der Waals surface area contributed by atoms with E-state index in [0.717, 1.165) is 71.4 Å². The van der Waals surface area contributed by atoms with Gasteiger partial charge in [-0.1, -0.05) is 41.9 Å². The van der Waals surface area contributed by atoms with Gasteiger partial charge in [0.25, 0.3) is 5.91 Å². The maximum absolute atomic E-state index is 14.6. The van der Waals surface area contributed by atoms with E-state index in [1.807, 2.05) is 49.5 Å². The monoisotopic (exact) mass is 584 g/mol. The van der Waals surface area contributed by atoms with Crippen LogP contribution in [0.15, 0.2) is 54.6 Å². The molecule has 5 rings (SSSR count). The first kappa shape index (κ1) is 28.5.